The van der Waals surface area contributed by atoms with Crippen LogP contribution in [0.4, 0.5) is 0 Å². The molecule has 0 radical (unpaired) electrons. The van der Waals surface area contributed by atoms with Gasteiger partial charge in [0.2, 0.25) is 9.79 Å². The van der Waals surface area contributed by atoms with Crippen LogP contribution >= 0.6 is 0 Å². The average molecular weight is 327 g/mol. The number of rotatable bonds is 4. The van der Waals surface area contributed by atoms with Crippen molar-refractivity contribution in [1.29, 1.82) is 0 Å². The summed E-state index contributed by atoms with van der Waals surface area (Å²) >= 11 is 0. The molecule has 3 rings (SSSR count). The molecule has 2 N–H and O–H groups in total. The highest BCUT2D eigenvalue weighted by Gasteiger charge is 2.38. The van der Waals surface area contributed by atoms with Crippen LogP contribution in [0, 0.1) is 0 Å². The zero-order valence-electron chi connectivity index (χ0n) is 12.1. The van der Waals surface area contributed by atoms with Crippen LogP contribution in [-0.4, -0.2) is 10.2 Å². The molecule has 0 unspecified atom stereocenters. The average Bonchev–Trinajstić information content (AvgIpc) is 2.57. The third kappa shape index (κ3) is 3.19. The Morgan fingerprint density at radius 3 is 1.52 bits per heavy atom. The quantitative estimate of drug-likeness (QED) is 0.711. The molecule has 3 aromatic carbocycles. The highest BCUT2D eigenvalue weighted by atomic mass is 32.3. The molecule has 0 bridgehead atoms. The monoisotopic (exact) mass is 327 g/mol. The second-order valence-electron chi connectivity index (χ2n) is 4.89. The smallest absolute Gasteiger partial charge is 0.325 e. The van der Waals surface area contributed by atoms with Crippen molar-refractivity contribution in [3.05, 3.63) is 78.9 Å². The third-order valence-corrected chi connectivity index (χ3v) is 5.46. The van der Waals surface area contributed by atoms with Crippen molar-refractivity contribution >= 4 is 10.2 Å². The summed E-state index contributed by atoms with van der Waals surface area (Å²) in [6.07, 6.45) is 0. The Morgan fingerprint density at radius 2 is 1.09 bits per heavy atom. The Labute approximate surface area is 135 Å². The zero-order chi connectivity index (χ0) is 16.3. The number of phenols is 2. The van der Waals surface area contributed by atoms with E-state index in [4.69, 9.17) is 4.18 Å². The predicted molar refractivity (Wildman–Crippen MR) is 87.9 cm³/mol. The third-order valence-electron chi connectivity index (χ3n) is 3.25. The second-order valence-corrected chi connectivity index (χ2v) is 7.00. The number of hydrogen-bond donors (Lipinski definition) is 2. The predicted octanol–water partition coefficient (Wildman–Crippen LogP) is 4.01. The molecule has 0 aliphatic rings. The highest BCUT2D eigenvalue weighted by molar-refractivity contribution is 7.99. The van der Waals surface area contributed by atoms with Gasteiger partial charge in [-0.3, -0.25) is 4.18 Å². The van der Waals surface area contributed by atoms with Gasteiger partial charge in [0.1, 0.15) is 11.5 Å². The molecule has 4 nitrogen and oxygen atoms in total. The summed E-state index contributed by atoms with van der Waals surface area (Å²) in [5.74, 6) is 0.639. The Hall–Kier alpha value is -2.79. The Balaban J connectivity index is 2.10. The van der Waals surface area contributed by atoms with Gasteiger partial charge in [0.05, 0.1) is 0 Å². The normalized spacial score (nSPS) is 11.1. The van der Waals surface area contributed by atoms with Crippen LogP contribution in [0.15, 0.2) is 88.7 Å². The molecule has 116 valence electrons. The van der Waals surface area contributed by atoms with E-state index in [2.05, 4.69) is 0 Å². The summed E-state index contributed by atoms with van der Waals surface area (Å²) in [6, 6.07) is 21.0. The first-order valence-electron chi connectivity index (χ1n) is 6.95. The van der Waals surface area contributed by atoms with E-state index in [0.717, 1.165) is 0 Å². The molecular formula is C18H15O4S+. The lowest BCUT2D eigenvalue weighted by Crippen LogP contribution is -2.19. The first kappa shape index (κ1) is 15.1. The number of para-hydroxylation sites is 1. The van der Waals surface area contributed by atoms with Crippen LogP contribution in [0.2, 0.25) is 0 Å². The summed E-state index contributed by atoms with van der Waals surface area (Å²) in [4.78, 5) is 0.870. The van der Waals surface area contributed by atoms with Gasteiger partial charge in [-0.15, -0.1) is 0 Å². The van der Waals surface area contributed by atoms with Gasteiger partial charge in [-0.05, 0) is 40.6 Å². The molecule has 5 heteroatoms. The van der Waals surface area contributed by atoms with Crippen molar-refractivity contribution in [2.75, 3.05) is 0 Å². The van der Waals surface area contributed by atoms with E-state index in [1.54, 1.807) is 48.5 Å². The van der Waals surface area contributed by atoms with E-state index in [1.807, 2.05) is 6.07 Å². The maximum absolute atomic E-state index is 13.6. The molecule has 0 aliphatic carbocycles. The maximum Gasteiger partial charge on any atom is 0.325 e. The van der Waals surface area contributed by atoms with Crippen molar-refractivity contribution in [3.8, 4) is 17.2 Å². The molecule has 3 aromatic rings. The molecular weight excluding hydrogens is 312 g/mol. The van der Waals surface area contributed by atoms with E-state index in [-0.39, 0.29) is 11.5 Å². The molecule has 0 saturated heterocycles. The highest BCUT2D eigenvalue weighted by Crippen LogP contribution is 2.33. The van der Waals surface area contributed by atoms with Crippen LogP contribution in [0.5, 0.6) is 17.2 Å². The fourth-order valence-electron chi connectivity index (χ4n) is 2.09. The summed E-state index contributed by atoms with van der Waals surface area (Å²) in [6.45, 7) is 0. The van der Waals surface area contributed by atoms with Gasteiger partial charge < -0.3 is 10.2 Å². The molecule has 0 atom stereocenters. The van der Waals surface area contributed by atoms with E-state index < -0.39 is 10.2 Å². The first-order valence-corrected chi connectivity index (χ1v) is 8.43. The number of aromatic hydroxyl groups is 2. The van der Waals surface area contributed by atoms with Crippen molar-refractivity contribution in [2.45, 2.75) is 9.79 Å². The van der Waals surface area contributed by atoms with Crippen molar-refractivity contribution in [1.82, 2.24) is 0 Å². The standard InChI is InChI=1S/C18H14O4S/c19-14-6-10-17(11-7-14)23(21,18-12-8-15(20)9-13-18)22-16-4-2-1-3-5-16/h1-13H,(H-,19,20,21)/p+1. The van der Waals surface area contributed by atoms with Crippen molar-refractivity contribution in [2.24, 2.45) is 0 Å². The van der Waals surface area contributed by atoms with E-state index >= 15 is 0 Å². The van der Waals surface area contributed by atoms with Gasteiger partial charge in [0.15, 0.2) is 5.75 Å². The molecule has 0 aromatic heterocycles. The zero-order valence-corrected chi connectivity index (χ0v) is 12.9. The fraction of sp³-hybridized carbons (Fsp3) is 0. The number of hydrogen-bond acceptors (Lipinski definition) is 4. The van der Waals surface area contributed by atoms with Crippen LogP contribution in [0.25, 0.3) is 0 Å². The molecule has 0 fully saturated rings. The number of phenolic OH excluding ortho intramolecular Hbond substituents is 2. The molecule has 0 heterocycles. The van der Waals surface area contributed by atoms with Crippen molar-refractivity contribution < 1.29 is 18.6 Å². The van der Waals surface area contributed by atoms with Crippen LogP contribution in [-0.2, 0) is 14.4 Å². The minimum atomic E-state index is -3.06. The maximum atomic E-state index is 13.6. The van der Waals surface area contributed by atoms with E-state index in [1.165, 1.54) is 24.3 Å². The minimum absolute atomic E-state index is 0.0842. The van der Waals surface area contributed by atoms with Crippen molar-refractivity contribution in [3.63, 3.8) is 0 Å². The van der Waals surface area contributed by atoms with E-state index in [9.17, 15) is 14.4 Å². The lowest BCUT2D eigenvalue weighted by molar-refractivity contribution is 0.474. The minimum Gasteiger partial charge on any atom is -0.508 e. The van der Waals surface area contributed by atoms with Gasteiger partial charge in [-0.2, -0.15) is 0 Å². The van der Waals surface area contributed by atoms with Crippen LogP contribution in [0.3, 0.4) is 0 Å². The second kappa shape index (κ2) is 6.14. The van der Waals surface area contributed by atoms with Crippen LogP contribution < -0.4 is 4.18 Å². The molecule has 0 saturated carbocycles. The van der Waals surface area contributed by atoms with Gasteiger partial charge in [0, 0.05) is 24.3 Å². The summed E-state index contributed by atoms with van der Waals surface area (Å²) in [5.41, 5.74) is 0. The van der Waals surface area contributed by atoms with Crippen LogP contribution in [0.1, 0.15) is 0 Å². The van der Waals surface area contributed by atoms with Gasteiger partial charge in [-0.1, -0.05) is 18.2 Å². The first-order chi connectivity index (χ1) is 11.1. The van der Waals surface area contributed by atoms with Gasteiger partial charge >= 0.3 is 10.2 Å². The molecule has 0 amide bonds. The van der Waals surface area contributed by atoms with E-state index in [0.29, 0.717) is 15.5 Å². The summed E-state index contributed by atoms with van der Waals surface area (Å²) < 4.78 is 19.4. The Kier molecular flexibility index (Phi) is 4.04. The Morgan fingerprint density at radius 1 is 0.652 bits per heavy atom. The Bertz CT molecular complexity index is 778. The lowest BCUT2D eigenvalue weighted by atomic mass is 10.3. The molecule has 0 aliphatic heterocycles. The molecule has 0 spiro atoms. The van der Waals surface area contributed by atoms with Gasteiger partial charge in [-0.25, -0.2) is 0 Å². The number of benzene rings is 3. The lowest BCUT2D eigenvalue weighted by Gasteiger charge is -2.12. The summed E-state index contributed by atoms with van der Waals surface area (Å²) in [5, 5.41) is 18.9. The molecule has 23 heavy (non-hydrogen) atoms. The summed E-state index contributed by atoms with van der Waals surface area (Å²) in [7, 11) is -3.06. The largest absolute Gasteiger partial charge is 0.508 e. The topological polar surface area (TPSA) is 66.8 Å². The SMILES string of the molecule is O=[S+](Oc1ccccc1)(c1ccc(O)cc1)c1ccc(O)cc1. The van der Waals surface area contributed by atoms with Gasteiger partial charge in [0.25, 0.3) is 0 Å². The fourth-order valence-corrected chi connectivity index (χ4v) is 3.93.